The SMILES string of the molecule is CCCCC[C@@H](CC[C@@H]1[C@H]2Cc3cccc(OCC(=O)O)c3C[C@H]2C[C@H]1O)OC(=O)CC.CCCCC[C@@H](CC[C@@H]1[C@H]2Cc3cccc(OCC(=O)O)c3C[C@H]2C[C@H]1O)OC(=O)COc1ccc(C)cc1.CCCCC[C@@H](CC[C@@H]1[C@H]2Cc3cccc(OCC(=O)O)c3C[C@H]2C[C@H]1O)OCOC(=O)C(C)(C)C.CCCCC[C@@H](CC[C@@H]1[C@H]2Cc3cccc(OCC(=O)O)c3C[C@H]2C[C@H]1O)Oc1ccccc1C(=O)O. The van der Waals surface area contributed by atoms with E-state index in [1.807, 2.05) is 107 Å². The van der Waals surface area contributed by atoms with Gasteiger partial charge in [0.05, 0.1) is 42.0 Å². The van der Waals surface area contributed by atoms with E-state index < -0.39 is 47.5 Å². The topological polar surface area (TPSA) is 411 Å². The number of aliphatic hydroxyl groups is 4. The number of rotatable bonds is 52. The summed E-state index contributed by atoms with van der Waals surface area (Å²) in [7, 11) is 0. The summed E-state index contributed by atoms with van der Waals surface area (Å²) >= 11 is 0. The molecule has 0 aliphatic heterocycles. The van der Waals surface area contributed by atoms with Crippen molar-refractivity contribution in [2.45, 2.75) is 349 Å². The molecule has 6 aromatic rings. The summed E-state index contributed by atoms with van der Waals surface area (Å²) < 4.78 is 57.1. The molecule has 8 aliphatic carbocycles. The number of esters is 3. The van der Waals surface area contributed by atoms with Crippen molar-refractivity contribution in [1.82, 2.24) is 0 Å². The number of carboxylic acids is 5. The first kappa shape index (κ1) is 114. The number of ether oxygens (including phenoxy) is 10. The molecule has 0 saturated heterocycles. The van der Waals surface area contributed by atoms with Gasteiger partial charge in [0.2, 0.25) is 0 Å². The van der Waals surface area contributed by atoms with E-state index in [0.29, 0.717) is 88.3 Å². The summed E-state index contributed by atoms with van der Waals surface area (Å²) in [6.07, 6.45) is 31.2. The molecule has 4 saturated carbocycles. The fraction of sp³-hybridized carbons (Fsp3) is 0.624. The number of carbonyl (C=O) groups excluding carboxylic acids is 3. The van der Waals surface area contributed by atoms with E-state index in [1.54, 1.807) is 24.3 Å². The molecule has 0 amide bonds. The van der Waals surface area contributed by atoms with Gasteiger partial charge in [0.1, 0.15) is 52.3 Å². The zero-order valence-electron chi connectivity index (χ0n) is 86.4. The molecule has 0 radical (unpaired) electrons. The summed E-state index contributed by atoms with van der Waals surface area (Å²) in [5.41, 5.74) is 9.84. The lowest BCUT2D eigenvalue weighted by Crippen LogP contribution is -2.29. The lowest BCUT2D eigenvalue weighted by molar-refractivity contribution is -0.171. The third-order valence-corrected chi connectivity index (χ3v) is 31.4. The van der Waals surface area contributed by atoms with Gasteiger partial charge in [-0.25, -0.2) is 28.8 Å². The number of aromatic carboxylic acids is 1. The monoisotopic (exact) mass is 2000 g/mol. The molecule has 4 fully saturated rings. The molecule has 27 heteroatoms. The van der Waals surface area contributed by atoms with Crippen molar-refractivity contribution < 1.29 is 132 Å². The van der Waals surface area contributed by atoms with Gasteiger partial charge >= 0.3 is 47.8 Å². The van der Waals surface area contributed by atoms with Crippen molar-refractivity contribution in [3.8, 4) is 34.5 Å². The van der Waals surface area contributed by atoms with Crippen LogP contribution in [0.15, 0.2) is 121 Å². The van der Waals surface area contributed by atoms with Gasteiger partial charge in [-0.2, -0.15) is 0 Å². The van der Waals surface area contributed by atoms with Crippen LogP contribution in [0, 0.1) is 83.4 Å². The van der Waals surface area contributed by atoms with E-state index >= 15 is 0 Å². The number of aliphatic hydroxyl groups excluding tert-OH is 4. The molecule has 0 heterocycles. The molecule has 0 unspecified atom stereocenters. The number of hydrogen-bond donors (Lipinski definition) is 9. The molecule has 8 aliphatic rings. The summed E-state index contributed by atoms with van der Waals surface area (Å²) in [6, 6.07) is 37.8. The van der Waals surface area contributed by atoms with Crippen molar-refractivity contribution in [3.63, 3.8) is 0 Å². The van der Waals surface area contributed by atoms with Crippen molar-refractivity contribution in [2.24, 2.45) is 76.4 Å². The summed E-state index contributed by atoms with van der Waals surface area (Å²) in [5.74, 6) is 1.47. The van der Waals surface area contributed by atoms with Crippen molar-refractivity contribution in [2.75, 3.05) is 39.8 Å². The van der Waals surface area contributed by atoms with Gasteiger partial charge in [-0.15, -0.1) is 0 Å². The Hall–Kier alpha value is -10.3. The molecule has 0 spiro atoms. The van der Waals surface area contributed by atoms with Gasteiger partial charge < -0.3 is 93.3 Å². The molecule has 27 nitrogen and oxygen atoms in total. The summed E-state index contributed by atoms with van der Waals surface area (Å²) in [4.78, 5) is 92.2. The van der Waals surface area contributed by atoms with E-state index in [2.05, 4.69) is 52.0 Å². The molecule has 14 rings (SSSR count). The average Bonchev–Trinajstić information content (AvgIpc) is 1.63. The van der Waals surface area contributed by atoms with Gasteiger partial charge in [0, 0.05) is 6.42 Å². The Bertz CT molecular complexity index is 5060. The minimum absolute atomic E-state index is 0.00228. The standard InChI is InChI=1S/C32H42O7.C30H38O7.C29H44O7.C26H38O6/c1-3-4-5-8-25(39-32(36)20-37-24-12-10-21(2)11-13-24)14-15-26-27-16-22-7-6-9-30(38-19-31(34)35)28(22)17-23(27)18-29(26)33;1-2-3-4-9-21(37-28-11-6-5-10-23(28)30(34)35)13-14-22-24-15-19-8-7-12-27(36-18-29(32)33)25(19)16-20(24)17-26(22)31;1-5-6-7-10-21(35-18-36-28(33)29(2,3)4)12-13-22-23-14-19-9-8-11-26(34-17-27(31)32)24(19)15-20(23)16-25(22)30;1-3-5-6-9-19(32-26(30)4-2)11-12-20-21-13-17-8-7-10-24(31-16-25(28)29)22(17)14-18(21)15-23(20)27/h6-7,9-13,23,25-27,29,33H,3-5,8,14-20H2,1-2H3,(H,34,35);5-8,10-12,20-22,24,26,31H,2-4,9,13-18H2,1H3,(H,32,33)(H,34,35);8-9,11,20-23,25,30H,5-7,10,12-18H2,1-4H3,(H,31,32);7-8,10,18-21,23,27H,3-6,9,11-16H2,1-2H3,(H,28,29)/t23-,25-,26+,27-,29+;20-,21-,22+,24-,26+;20-,21-,22+,23-,25+;18-,19-,20+,21-,23+/m0000/s1. The Morgan fingerprint density at radius 1 is 0.347 bits per heavy atom. The summed E-state index contributed by atoms with van der Waals surface area (Å²) in [6.45, 7) is 16.4. The van der Waals surface area contributed by atoms with Crippen molar-refractivity contribution in [3.05, 3.63) is 177 Å². The second kappa shape index (κ2) is 57.1. The number of aryl methyl sites for hydroxylation is 1. The maximum absolute atomic E-state index is 12.6. The molecule has 0 bridgehead atoms. The van der Waals surface area contributed by atoms with E-state index in [4.69, 9.17) is 67.8 Å². The number of unbranched alkanes of at least 4 members (excludes halogenated alkanes) is 8. The highest BCUT2D eigenvalue weighted by Gasteiger charge is 2.50. The van der Waals surface area contributed by atoms with E-state index in [0.717, 1.165) is 259 Å². The van der Waals surface area contributed by atoms with Crippen LogP contribution in [0.5, 0.6) is 34.5 Å². The van der Waals surface area contributed by atoms with Gasteiger partial charge in [-0.3, -0.25) is 9.59 Å². The first-order valence-electron chi connectivity index (χ1n) is 53.6. The fourth-order valence-corrected chi connectivity index (χ4v) is 24.0. The van der Waals surface area contributed by atoms with Gasteiger partial charge in [-0.1, -0.05) is 171 Å². The normalized spacial score (nSPS) is 23.6. The van der Waals surface area contributed by atoms with Crippen LogP contribution in [0.1, 0.15) is 302 Å². The number of carbonyl (C=O) groups is 8. The molecule has 144 heavy (non-hydrogen) atoms. The number of fused-ring (bicyclic) bond motifs is 8. The minimum Gasteiger partial charge on any atom is -0.490 e. The maximum atomic E-state index is 12.6. The molecular weight excluding hydrogens is 1840 g/mol. The Morgan fingerprint density at radius 2 is 0.667 bits per heavy atom. The zero-order valence-corrected chi connectivity index (χ0v) is 86.4. The smallest absolute Gasteiger partial charge is 0.344 e. The molecule has 20 atom stereocenters. The first-order valence-corrected chi connectivity index (χ1v) is 53.6. The molecule has 792 valence electrons. The van der Waals surface area contributed by atoms with Gasteiger partial charge in [0.15, 0.2) is 39.8 Å². The van der Waals surface area contributed by atoms with E-state index in [1.165, 1.54) is 22.3 Å². The number of para-hydroxylation sites is 1. The summed E-state index contributed by atoms with van der Waals surface area (Å²) in [5, 5.41) is 89.5. The fourth-order valence-electron chi connectivity index (χ4n) is 24.0. The van der Waals surface area contributed by atoms with Crippen LogP contribution >= 0.6 is 0 Å². The van der Waals surface area contributed by atoms with E-state index in [-0.39, 0.29) is 124 Å². The number of benzene rings is 6. The minimum atomic E-state index is -0.996. The Kier molecular flexibility index (Phi) is 45.2. The predicted octanol–water partition coefficient (Wildman–Crippen LogP) is 20.6. The second-order valence-electron chi connectivity index (χ2n) is 42.6. The number of hydrogen-bond acceptors (Lipinski definition) is 22. The van der Waals surface area contributed by atoms with Crippen LogP contribution in [0.25, 0.3) is 0 Å². The highest BCUT2D eigenvalue weighted by atomic mass is 16.7. The van der Waals surface area contributed by atoms with Crippen LogP contribution in [-0.2, 0) is 104 Å². The third-order valence-electron chi connectivity index (χ3n) is 31.4. The van der Waals surface area contributed by atoms with E-state index in [9.17, 15) is 63.9 Å². The van der Waals surface area contributed by atoms with Crippen LogP contribution in [0.4, 0.5) is 0 Å². The number of carboxylic acid groups (broad SMARTS) is 5. The third kappa shape index (κ3) is 33.9. The first-order chi connectivity index (χ1) is 69.2. The zero-order chi connectivity index (χ0) is 104. The molecule has 0 aromatic heterocycles. The average molecular weight is 2000 g/mol. The van der Waals surface area contributed by atoms with Crippen LogP contribution < -0.4 is 28.4 Å². The molecule has 9 N–H and O–H groups in total. The predicted molar refractivity (Wildman–Crippen MR) is 546 cm³/mol. The molecule has 6 aromatic carbocycles. The highest BCUT2D eigenvalue weighted by molar-refractivity contribution is 5.90. The van der Waals surface area contributed by atoms with Crippen LogP contribution in [0.2, 0.25) is 0 Å². The van der Waals surface area contributed by atoms with Crippen molar-refractivity contribution in [1.29, 1.82) is 0 Å². The highest BCUT2D eigenvalue weighted by Crippen LogP contribution is 2.54. The van der Waals surface area contributed by atoms with Crippen molar-refractivity contribution >= 4 is 47.8 Å². The number of aliphatic carboxylic acids is 4. The Morgan fingerprint density at radius 3 is 1.00 bits per heavy atom. The van der Waals surface area contributed by atoms with Gasteiger partial charge in [0.25, 0.3) is 0 Å². The second-order valence-corrected chi connectivity index (χ2v) is 42.6. The van der Waals surface area contributed by atoms with Gasteiger partial charge in [-0.05, 0) is 365 Å². The van der Waals surface area contributed by atoms with Crippen LogP contribution in [0.3, 0.4) is 0 Å². The largest absolute Gasteiger partial charge is 0.490 e. The Labute approximate surface area is 851 Å². The van der Waals surface area contributed by atoms with Crippen LogP contribution in [-0.4, -0.2) is 182 Å². The maximum Gasteiger partial charge on any atom is 0.344 e. The quantitative estimate of drug-likeness (QED) is 0.00741. The Balaban J connectivity index is 0.000000183. The molecular formula is C117H162O27. The lowest BCUT2D eigenvalue weighted by atomic mass is 9.73. The lowest BCUT2D eigenvalue weighted by Gasteiger charge is -2.33.